The molecule has 2 aliphatic heterocycles. The van der Waals surface area contributed by atoms with Gasteiger partial charge in [-0.25, -0.2) is 9.97 Å². The van der Waals surface area contributed by atoms with Crippen molar-refractivity contribution in [3.8, 4) is 0 Å². The Bertz CT molecular complexity index is 1780. The molecular weight excluding hydrogens is 600 g/mol. The van der Waals surface area contributed by atoms with E-state index in [4.69, 9.17) is 19.9 Å². The van der Waals surface area contributed by atoms with Crippen LogP contribution in [-0.4, -0.2) is 31.0 Å². The molecule has 45 heavy (non-hydrogen) atoms. The number of aryl methyl sites for hydroxylation is 3. The molecule has 7 heteroatoms. The van der Waals surface area contributed by atoms with Crippen LogP contribution in [0.3, 0.4) is 0 Å². The van der Waals surface area contributed by atoms with E-state index in [0.717, 1.165) is 80.7 Å². The summed E-state index contributed by atoms with van der Waals surface area (Å²) in [5.41, 5.74) is 20.3. The minimum atomic E-state index is -0.833. The topological polar surface area (TPSA) is 94.7 Å². The molecule has 5 rings (SSSR count). The van der Waals surface area contributed by atoms with E-state index in [1.54, 1.807) is 0 Å². The number of nitrogens with one attached hydrogen (secondary N) is 2. The minimum Gasteiger partial charge on any atom is -0.481 e. The van der Waals surface area contributed by atoms with Crippen molar-refractivity contribution in [2.45, 2.75) is 114 Å². The molecule has 6 nitrogen and oxygen atoms in total. The fourth-order valence-corrected chi connectivity index (χ4v) is 7.07. The molecule has 0 unspecified atom stereocenters. The van der Waals surface area contributed by atoms with Crippen LogP contribution in [0.15, 0.2) is 24.3 Å². The number of allylic oxidation sites excluding steroid dienone is 4. The van der Waals surface area contributed by atoms with Gasteiger partial charge >= 0.3 is 0 Å². The van der Waals surface area contributed by atoms with Gasteiger partial charge in [-0.15, -0.1) is 0 Å². The third-order valence-electron chi connectivity index (χ3n) is 8.91. The maximum Gasteiger partial charge on any atom is 0.300 e. The van der Waals surface area contributed by atoms with Gasteiger partial charge in [-0.3, -0.25) is 4.79 Å². The van der Waals surface area contributed by atoms with E-state index >= 15 is 0 Å². The number of nitrogens with zero attached hydrogens (tertiary/aromatic N) is 2. The second kappa shape index (κ2) is 15.7. The van der Waals surface area contributed by atoms with Crippen molar-refractivity contribution in [2.24, 2.45) is 0 Å². The first-order chi connectivity index (χ1) is 21.2. The summed E-state index contributed by atoms with van der Waals surface area (Å²) in [6, 6.07) is 8.89. The van der Waals surface area contributed by atoms with Crippen molar-refractivity contribution < 1.29 is 27.0 Å². The fraction of sp³-hybridized carbons (Fsp3) is 0.447. The number of rotatable bonds is 8. The number of aromatic nitrogens is 4. The molecule has 3 N–H and O–H groups in total. The average molecular weight is 651 g/mol. The molecule has 3 aromatic rings. The molecule has 0 amide bonds. The fourth-order valence-electron chi connectivity index (χ4n) is 7.07. The van der Waals surface area contributed by atoms with Crippen LogP contribution in [0, 0.1) is 0 Å². The van der Waals surface area contributed by atoms with Crippen molar-refractivity contribution in [3.63, 3.8) is 0 Å². The maximum absolute atomic E-state index is 9.00. The van der Waals surface area contributed by atoms with Crippen LogP contribution in [0.4, 0.5) is 0 Å². The Balaban J connectivity index is 0.00000104. The van der Waals surface area contributed by atoms with Gasteiger partial charge in [0.15, 0.2) is 0 Å². The van der Waals surface area contributed by atoms with Gasteiger partial charge in [0.25, 0.3) is 5.97 Å². The quantitative estimate of drug-likeness (QED) is 0.212. The molecule has 8 bridgehead atoms. The molecule has 0 spiro atoms. The van der Waals surface area contributed by atoms with E-state index in [1.807, 2.05) is 0 Å². The van der Waals surface area contributed by atoms with Crippen LogP contribution in [0.1, 0.15) is 133 Å². The van der Waals surface area contributed by atoms with Gasteiger partial charge in [-0.1, -0.05) is 55.4 Å². The zero-order valence-corrected chi connectivity index (χ0v) is 29.7. The smallest absolute Gasteiger partial charge is 0.300 e. The molecule has 2 aliphatic rings. The van der Waals surface area contributed by atoms with Gasteiger partial charge in [0, 0.05) is 57.2 Å². The molecule has 0 aromatic carbocycles. The first kappa shape index (κ1) is 36.1. The zero-order valence-electron chi connectivity index (χ0n) is 28.6. The predicted octanol–water partition coefficient (Wildman–Crippen LogP) is 10.1. The summed E-state index contributed by atoms with van der Waals surface area (Å²) in [7, 11) is 0. The number of carboxylic acids is 1. The van der Waals surface area contributed by atoms with Crippen LogP contribution in [0.2, 0.25) is 0 Å². The summed E-state index contributed by atoms with van der Waals surface area (Å²) < 4.78 is 0. The van der Waals surface area contributed by atoms with E-state index < -0.39 is 5.97 Å². The number of fused-ring (bicyclic) bond motifs is 8. The van der Waals surface area contributed by atoms with Gasteiger partial charge in [0.2, 0.25) is 0 Å². The number of aliphatic carboxylic acids is 1. The number of aromatic amines is 2. The molecule has 0 atom stereocenters. The first-order valence-corrected chi connectivity index (χ1v) is 16.6. The number of H-pyrrole nitrogens is 2. The van der Waals surface area contributed by atoms with Crippen molar-refractivity contribution in [2.75, 3.05) is 0 Å². The molecule has 5 heterocycles. The summed E-state index contributed by atoms with van der Waals surface area (Å²) in [6.45, 7) is 19.3. The summed E-state index contributed by atoms with van der Waals surface area (Å²) in [4.78, 5) is 27.5. The Kier molecular flexibility index (Phi) is 12.6. The number of hydrogen-bond acceptors (Lipinski definition) is 3. The van der Waals surface area contributed by atoms with Gasteiger partial charge < -0.3 is 15.1 Å². The van der Waals surface area contributed by atoms with Crippen LogP contribution in [0.25, 0.3) is 44.4 Å². The monoisotopic (exact) mass is 650 g/mol. The van der Waals surface area contributed by atoms with Crippen molar-refractivity contribution in [1.29, 1.82) is 0 Å². The molecule has 0 aliphatic carbocycles. The van der Waals surface area contributed by atoms with Crippen LogP contribution >= 0.6 is 0 Å². The molecule has 0 saturated heterocycles. The van der Waals surface area contributed by atoms with Crippen LogP contribution in [0.5, 0.6) is 0 Å². The largest absolute Gasteiger partial charge is 0.481 e. The Labute approximate surface area is 279 Å². The Hall–Kier alpha value is -3.41. The van der Waals surface area contributed by atoms with E-state index in [2.05, 4.69) is 89.6 Å². The average Bonchev–Trinajstić information content (AvgIpc) is 3.77. The summed E-state index contributed by atoms with van der Waals surface area (Å²) in [6.07, 6.45) is 7.74. The van der Waals surface area contributed by atoms with Gasteiger partial charge in [0.05, 0.1) is 22.8 Å². The standard InChI is InChI=1S/C36H46N4.C2H4O2.Fe/c1-9-23-25(11-3)33-29(15-7)35-27(13-5)28(14-6)36(40-35)30(16-8)34-26(12-4)24(10-2)32(39-34)20-22-18-17-21(37-22)19-31(23)38-33;1-2(3)4;/h17-20,37-38H,9-16H2,1-8H3;1H3,(H,3,4);. The second-order valence-electron chi connectivity index (χ2n) is 11.4. The molecule has 242 valence electrons. The normalized spacial score (nSPS) is 12.6. The van der Waals surface area contributed by atoms with E-state index in [1.165, 1.54) is 67.0 Å². The van der Waals surface area contributed by atoms with Gasteiger partial charge in [-0.2, -0.15) is 0 Å². The maximum atomic E-state index is 9.00. The summed E-state index contributed by atoms with van der Waals surface area (Å²) in [5.74, 6) is -0.833. The summed E-state index contributed by atoms with van der Waals surface area (Å²) >= 11 is 0. The minimum absolute atomic E-state index is 0. The van der Waals surface area contributed by atoms with E-state index in [0.29, 0.717) is 0 Å². The van der Waals surface area contributed by atoms with Gasteiger partial charge in [-0.05, 0) is 109 Å². The van der Waals surface area contributed by atoms with Crippen molar-refractivity contribution in [3.05, 3.63) is 69.3 Å². The van der Waals surface area contributed by atoms with E-state index in [-0.39, 0.29) is 17.1 Å². The van der Waals surface area contributed by atoms with Crippen LogP contribution in [-0.2, 0) is 47.5 Å². The Morgan fingerprint density at radius 2 is 1.04 bits per heavy atom. The molecular formula is C38H50FeN4O2. The van der Waals surface area contributed by atoms with Gasteiger partial charge in [0.1, 0.15) is 0 Å². The molecule has 0 fully saturated rings. The Morgan fingerprint density at radius 1 is 0.600 bits per heavy atom. The summed E-state index contributed by atoms with van der Waals surface area (Å²) in [5, 5.41) is 7.42. The molecule has 3 aromatic heterocycles. The predicted molar refractivity (Wildman–Crippen MR) is 187 cm³/mol. The zero-order chi connectivity index (χ0) is 32.1. The first-order valence-electron chi connectivity index (χ1n) is 16.6. The number of carboxylic acid groups (broad SMARTS) is 1. The third kappa shape index (κ3) is 6.90. The Morgan fingerprint density at radius 3 is 1.53 bits per heavy atom. The third-order valence-corrected chi connectivity index (χ3v) is 8.91. The molecule has 0 saturated carbocycles. The second-order valence-corrected chi connectivity index (χ2v) is 11.4. The number of carbonyl (C=O) groups is 1. The molecule has 0 radical (unpaired) electrons. The SMILES string of the molecule is CC(=O)O.CCC1=C(CC)c2nc1cc1ccc(cc3[nH]c(c(CC)c4nc(c2CC)C(CC)=C4CC)c(CC)c3CC)[nH]1.[Fe]. The number of hydrogen-bond donors (Lipinski definition) is 3. The van der Waals surface area contributed by atoms with Crippen molar-refractivity contribution in [1.82, 2.24) is 19.9 Å². The van der Waals surface area contributed by atoms with Crippen LogP contribution < -0.4 is 0 Å². The van der Waals surface area contributed by atoms with Crippen molar-refractivity contribution >= 4 is 50.3 Å². The van der Waals surface area contributed by atoms with E-state index in [9.17, 15) is 0 Å².